The summed E-state index contributed by atoms with van der Waals surface area (Å²) in [7, 11) is -3.60. The van der Waals surface area contributed by atoms with Crippen LogP contribution in [0.5, 0.6) is 0 Å². The summed E-state index contributed by atoms with van der Waals surface area (Å²) in [5.41, 5.74) is 3.94. The lowest BCUT2D eigenvalue weighted by atomic mass is 10.1. The molecule has 0 atom stereocenters. The Balaban J connectivity index is 1.47. The predicted octanol–water partition coefficient (Wildman–Crippen LogP) is 3.88. The Kier molecular flexibility index (Phi) is 5.96. The molecule has 0 unspecified atom stereocenters. The van der Waals surface area contributed by atoms with Gasteiger partial charge >= 0.3 is 0 Å². The van der Waals surface area contributed by atoms with Crippen LogP contribution in [0.25, 0.3) is 10.6 Å². The summed E-state index contributed by atoms with van der Waals surface area (Å²) >= 11 is 1.44. The van der Waals surface area contributed by atoms with Crippen molar-refractivity contribution in [1.82, 2.24) is 14.2 Å². The molecule has 1 aliphatic rings. The van der Waals surface area contributed by atoms with E-state index < -0.39 is 10.0 Å². The molecule has 31 heavy (non-hydrogen) atoms. The van der Waals surface area contributed by atoms with Crippen molar-refractivity contribution >= 4 is 27.3 Å². The molecule has 1 amide bonds. The number of carbonyl (C=O) groups excluding carboxylic acids is 1. The van der Waals surface area contributed by atoms with Gasteiger partial charge in [0.1, 0.15) is 10.7 Å². The second kappa shape index (κ2) is 8.53. The standard InChI is InChI=1S/C23H25N3O3S2/c1-16-13-17(2)21(18(3)14-16)31(28,29)26-11-9-25(10-12-26)23(27)20-15-30-22(24-20)19-7-5-4-6-8-19/h4-8,13-15H,9-12H2,1-3H3. The molecule has 0 aliphatic carbocycles. The van der Waals surface area contributed by atoms with Gasteiger partial charge in [-0.15, -0.1) is 11.3 Å². The van der Waals surface area contributed by atoms with Crippen LogP contribution in [-0.4, -0.2) is 54.7 Å². The maximum atomic E-state index is 13.3. The number of benzene rings is 2. The van der Waals surface area contributed by atoms with Gasteiger partial charge in [0.2, 0.25) is 10.0 Å². The third-order valence-corrected chi connectivity index (χ3v) is 8.57. The first kappa shape index (κ1) is 21.7. The molecular weight excluding hydrogens is 430 g/mol. The van der Waals surface area contributed by atoms with E-state index in [-0.39, 0.29) is 19.0 Å². The van der Waals surface area contributed by atoms with Crippen molar-refractivity contribution in [3.63, 3.8) is 0 Å². The lowest BCUT2D eigenvalue weighted by Gasteiger charge is -2.34. The third-order valence-electron chi connectivity index (χ3n) is 5.47. The number of sulfonamides is 1. The second-order valence-corrected chi connectivity index (χ2v) is 10.6. The first-order valence-electron chi connectivity index (χ1n) is 10.2. The summed E-state index contributed by atoms with van der Waals surface area (Å²) < 4.78 is 28.0. The maximum absolute atomic E-state index is 13.3. The van der Waals surface area contributed by atoms with Crippen LogP contribution in [0.1, 0.15) is 27.2 Å². The van der Waals surface area contributed by atoms with E-state index in [4.69, 9.17) is 0 Å². The predicted molar refractivity (Wildman–Crippen MR) is 123 cm³/mol. The lowest BCUT2D eigenvalue weighted by Crippen LogP contribution is -2.50. The van der Waals surface area contributed by atoms with Crippen LogP contribution in [0.3, 0.4) is 0 Å². The van der Waals surface area contributed by atoms with Crippen molar-refractivity contribution in [3.05, 3.63) is 70.2 Å². The van der Waals surface area contributed by atoms with Crippen LogP contribution >= 0.6 is 11.3 Å². The molecule has 1 aliphatic heterocycles. The molecule has 1 fully saturated rings. The number of hydrogen-bond donors (Lipinski definition) is 0. The molecule has 8 heteroatoms. The van der Waals surface area contributed by atoms with Gasteiger partial charge in [0, 0.05) is 37.1 Å². The molecule has 2 heterocycles. The number of piperazine rings is 1. The Morgan fingerprint density at radius 3 is 2.19 bits per heavy atom. The molecular formula is C23H25N3O3S2. The average molecular weight is 456 g/mol. The zero-order chi connectivity index (χ0) is 22.2. The zero-order valence-corrected chi connectivity index (χ0v) is 19.5. The maximum Gasteiger partial charge on any atom is 0.273 e. The van der Waals surface area contributed by atoms with Crippen LogP contribution in [0, 0.1) is 20.8 Å². The van der Waals surface area contributed by atoms with Crippen LogP contribution in [0.15, 0.2) is 52.7 Å². The van der Waals surface area contributed by atoms with Crippen molar-refractivity contribution in [2.75, 3.05) is 26.2 Å². The van der Waals surface area contributed by atoms with Crippen molar-refractivity contribution < 1.29 is 13.2 Å². The molecule has 0 saturated carbocycles. The molecule has 162 valence electrons. The first-order chi connectivity index (χ1) is 14.8. The van der Waals surface area contributed by atoms with Crippen LogP contribution in [0.4, 0.5) is 0 Å². The zero-order valence-electron chi connectivity index (χ0n) is 17.8. The van der Waals surface area contributed by atoms with Gasteiger partial charge in [0.25, 0.3) is 5.91 Å². The van der Waals surface area contributed by atoms with Crippen LogP contribution in [0.2, 0.25) is 0 Å². The largest absolute Gasteiger partial charge is 0.335 e. The number of carbonyl (C=O) groups is 1. The third kappa shape index (κ3) is 4.28. The van der Waals surface area contributed by atoms with Crippen molar-refractivity contribution in [2.24, 2.45) is 0 Å². The number of aryl methyl sites for hydroxylation is 3. The van der Waals surface area contributed by atoms with E-state index in [0.29, 0.717) is 23.7 Å². The number of rotatable bonds is 4. The fraction of sp³-hybridized carbons (Fsp3) is 0.304. The number of hydrogen-bond acceptors (Lipinski definition) is 5. The Hall–Kier alpha value is -2.55. The van der Waals surface area contributed by atoms with Gasteiger partial charge in [-0.05, 0) is 31.9 Å². The quantitative estimate of drug-likeness (QED) is 0.599. The van der Waals surface area contributed by atoms with Crippen molar-refractivity contribution in [2.45, 2.75) is 25.7 Å². The minimum atomic E-state index is -3.60. The Morgan fingerprint density at radius 1 is 0.968 bits per heavy atom. The molecule has 1 saturated heterocycles. The molecule has 0 radical (unpaired) electrons. The number of nitrogens with zero attached hydrogens (tertiary/aromatic N) is 3. The summed E-state index contributed by atoms with van der Waals surface area (Å²) in [4.78, 5) is 19.5. The normalized spacial score (nSPS) is 15.3. The summed E-state index contributed by atoms with van der Waals surface area (Å²) in [6.45, 7) is 6.87. The van der Waals surface area contributed by atoms with Gasteiger partial charge in [0.05, 0.1) is 4.90 Å². The van der Waals surface area contributed by atoms with Gasteiger partial charge in [-0.1, -0.05) is 48.0 Å². The highest BCUT2D eigenvalue weighted by molar-refractivity contribution is 7.89. The van der Waals surface area contributed by atoms with E-state index in [9.17, 15) is 13.2 Å². The second-order valence-electron chi connectivity index (χ2n) is 7.83. The summed E-state index contributed by atoms with van der Waals surface area (Å²) in [5.74, 6) is -0.154. The van der Waals surface area contributed by atoms with Gasteiger partial charge < -0.3 is 4.90 Å². The monoisotopic (exact) mass is 455 g/mol. The number of aromatic nitrogens is 1. The Bertz CT molecular complexity index is 1190. The fourth-order valence-corrected chi connectivity index (χ4v) is 6.72. The van der Waals surface area contributed by atoms with Gasteiger partial charge in [-0.25, -0.2) is 13.4 Å². The van der Waals surface area contributed by atoms with Gasteiger partial charge in [-0.2, -0.15) is 4.31 Å². The van der Waals surface area contributed by atoms with Crippen molar-refractivity contribution in [3.8, 4) is 10.6 Å². The number of amides is 1. The molecule has 0 N–H and O–H groups in total. The van der Waals surface area contributed by atoms with E-state index in [1.165, 1.54) is 15.6 Å². The highest BCUT2D eigenvalue weighted by Crippen LogP contribution is 2.27. The average Bonchev–Trinajstić information content (AvgIpc) is 3.23. The summed E-state index contributed by atoms with van der Waals surface area (Å²) in [6.07, 6.45) is 0. The molecule has 1 aromatic heterocycles. The first-order valence-corrected chi connectivity index (χ1v) is 12.5. The minimum absolute atomic E-state index is 0.154. The Labute approximate surface area is 187 Å². The molecule has 0 bridgehead atoms. The van der Waals surface area contributed by atoms with E-state index >= 15 is 0 Å². The van der Waals surface area contributed by atoms with Crippen LogP contribution in [-0.2, 0) is 10.0 Å². The smallest absolute Gasteiger partial charge is 0.273 e. The van der Waals surface area contributed by atoms with E-state index in [2.05, 4.69) is 4.98 Å². The summed E-state index contributed by atoms with van der Waals surface area (Å²) in [6, 6.07) is 13.5. The minimum Gasteiger partial charge on any atom is -0.335 e. The van der Waals surface area contributed by atoms with Gasteiger partial charge in [-0.3, -0.25) is 4.79 Å². The van der Waals surface area contributed by atoms with E-state index in [1.54, 1.807) is 10.3 Å². The van der Waals surface area contributed by atoms with Crippen LogP contribution < -0.4 is 0 Å². The highest BCUT2D eigenvalue weighted by Gasteiger charge is 2.32. The fourth-order valence-electron chi connectivity index (χ4n) is 4.08. The van der Waals surface area contributed by atoms with E-state index in [1.807, 2.05) is 63.2 Å². The molecule has 6 nitrogen and oxygen atoms in total. The molecule has 0 spiro atoms. The van der Waals surface area contributed by atoms with Gasteiger partial charge in [0.15, 0.2) is 0 Å². The molecule has 2 aromatic carbocycles. The topological polar surface area (TPSA) is 70.6 Å². The van der Waals surface area contributed by atoms with Crippen molar-refractivity contribution in [1.29, 1.82) is 0 Å². The lowest BCUT2D eigenvalue weighted by molar-refractivity contribution is 0.0693. The SMILES string of the molecule is Cc1cc(C)c(S(=O)(=O)N2CCN(C(=O)c3csc(-c4ccccc4)n3)CC2)c(C)c1. The molecule has 4 rings (SSSR count). The summed E-state index contributed by atoms with van der Waals surface area (Å²) in [5, 5.41) is 2.57. The number of thiazole rings is 1. The highest BCUT2D eigenvalue weighted by atomic mass is 32.2. The van der Waals surface area contributed by atoms with E-state index in [0.717, 1.165) is 27.3 Å². The molecule has 3 aromatic rings. The Morgan fingerprint density at radius 2 is 1.58 bits per heavy atom.